The van der Waals surface area contributed by atoms with Crippen LogP contribution in [0.15, 0.2) is 60.7 Å². The van der Waals surface area contributed by atoms with Gasteiger partial charge in [-0.15, -0.1) is 24.8 Å². The first-order valence-corrected chi connectivity index (χ1v) is 6.63. The van der Waals surface area contributed by atoms with Gasteiger partial charge in [0.1, 0.15) is 0 Å². The van der Waals surface area contributed by atoms with Crippen LogP contribution in [0.25, 0.3) is 6.08 Å². The van der Waals surface area contributed by atoms with Gasteiger partial charge in [0.2, 0.25) is 0 Å². The molecule has 0 aliphatic heterocycles. The maximum absolute atomic E-state index is 2.34. The molecule has 91 valence electrons. The normalized spacial score (nSPS) is 19.5. The van der Waals surface area contributed by atoms with Crippen molar-refractivity contribution in [2.24, 2.45) is 0 Å². The molecule has 3 rings (SSSR count). The van der Waals surface area contributed by atoms with Crippen LogP contribution in [-0.4, -0.2) is 0 Å². The molecule has 0 saturated heterocycles. The van der Waals surface area contributed by atoms with E-state index in [4.69, 9.17) is 0 Å². The van der Waals surface area contributed by atoms with E-state index in [-0.39, 0.29) is 27.9 Å². The molecule has 1 atom stereocenters. The molecule has 1 aliphatic carbocycles. The van der Waals surface area contributed by atoms with E-state index in [1.807, 2.05) is 0 Å². The molecular weight excluding hydrogens is 342 g/mol. The molecule has 0 spiro atoms. The summed E-state index contributed by atoms with van der Waals surface area (Å²) in [5.74, 6) is 0. The number of hydrogen-bond acceptors (Lipinski definition) is 0. The number of allylic oxidation sites excluding steroid dienone is 1. The summed E-state index contributed by atoms with van der Waals surface area (Å²) in [6.45, 7) is 0. The average Bonchev–Trinajstić information content (AvgIpc) is 2.71. The van der Waals surface area contributed by atoms with Gasteiger partial charge >= 0.3 is 111 Å². The van der Waals surface area contributed by atoms with E-state index in [1.165, 1.54) is 41.4 Å². The van der Waals surface area contributed by atoms with Crippen LogP contribution in [0.1, 0.15) is 16.7 Å². The summed E-state index contributed by atoms with van der Waals surface area (Å²) in [5.41, 5.74) is 4.21. The van der Waals surface area contributed by atoms with E-state index < -0.39 is 0 Å². The second-order valence-electron chi connectivity index (χ2n) is 4.09. The van der Waals surface area contributed by atoms with E-state index >= 15 is 0 Å². The fourth-order valence-corrected chi connectivity index (χ4v) is 3.43. The van der Waals surface area contributed by atoms with Crippen LogP contribution in [0.2, 0.25) is 0 Å². The quantitative estimate of drug-likeness (QED) is 0.714. The fourth-order valence-electron chi connectivity index (χ4n) is 2.26. The predicted molar refractivity (Wildman–Crippen MR) is 77.2 cm³/mol. The molecule has 2 aromatic rings. The molecule has 2 aromatic carbocycles. The monoisotopic (exact) mass is 353 g/mol. The Morgan fingerprint density at radius 1 is 0.778 bits per heavy atom. The SMILES string of the molecule is Cl.Cl.[Zr][C]1(c2ccccc2)C=Cc2ccccc21. The van der Waals surface area contributed by atoms with Crippen LogP contribution in [0.3, 0.4) is 0 Å². The van der Waals surface area contributed by atoms with E-state index in [0.29, 0.717) is 0 Å². The Balaban J connectivity index is 0.000000810. The Morgan fingerprint density at radius 2 is 1.39 bits per heavy atom. The molecule has 3 heteroatoms. The zero-order valence-electron chi connectivity index (χ0n) is 9.67. The summed E-state index contributed by atoms with van der Waals surface area (Å²) in [6, 6.07) is 19.4. The van der Waals surface area contributed by atoms with Crippen molar-refractivity contribution in [3.8, 4) is 0 Å². The standard InChI is InChI=1S/C15H11.2ClH.Zr/c1-2-6-12(7-3-1)15-11-10-13-8-4-5-9-14(13)15;;;/h1-11H;2*1H;. The van der Waals surface area contributed by atoms with E-state index in [2.05, 4.69) is 66.7 Å². The van der Waals surface area contributed by atoms with Gasteiger partial charge in [-0.25, -0.2) is 0 Å². The summed E-state index contributed by atoms with van der Waals surface area (Å²) in [7, 11) is 0. The van der Waals surface area contributed by atoms with Gasteiger partial charge in [0.15, 0.2) is 0 Å². The first-order chi connectivity index (χ1) is 7.81. The molecule has 0 radical (unpaired) electrons. The van der Waals surface area contributed by atoms with Gasteiger partial charge in [0, 0.05) is 0 Å². The van der Waals surface area contributed by atoms with Gasteiger partial charge in [-0.1, -0.05) is 0 Å². The van der Waals surface area contributed by atoms with Crippen LogP contribution < -0.4 is 0 Å². The molecular formula is C15H13Cl2Zr. The van der Waals surface area contributed by atoms with Crippen molar-refractivity contribution in [3.63, 3.8) is 0 Å². The third-order valence-corrected chi connectivity index (χ3v) is 4.91. The molecule has 0 bridgehead atoms. The number of fused-ring (bicyclic) bond motifs is 1. The van der Waals surface area contributed by atoms with Crippen molar-refractivity contribution in [2.75, 3.05) is 0 Å². The van der Waals surface area contributed by atoms with Crippen LogP contribution in [0.5, 0.6) is 0 Å². The Labute approximate surface area is 135 Å². The Bertz CT molecular complexity index is 551. The zero-order valence-corrected chi connectivity index (χ0v) is 13.8. The molecule has 0 N–H and O–H groups in total. The van der Waals surface area contributed by atoms with Gasteiger partial charge < -0.3 is 0 Å². The first kappa shape index (κ1) is 15.7. The molecule has 0 aromatic heterocycles. The van der Waals surface area contributed by atoms with Crippen molar-refractivity contribution < 1.29 is 24.7 Å². The van der Waals surface area contributed by atoms with Crippen LogP contribution in [-0.2, 0) is 27.8 Å². The third kappa shape index (κ3) is 2.50. The molecule has 0 amide bonds. The van der Waals surface area contributed by atoms with Gasteiger partial charge in [-0.3, -0.25) is 0 Å². The van der Waals surface area contributed by atoms with Crippen molar-refractivity contribution in [3.05, 3.63) is 77.4 Å². The Morgan fingerprint density at radius 3 is 2.11 bits per heavy atom. The van der Waals surface area contributed by atoms with Crippen molar-refractivity contribution >= 4 is 30.9 Å². The van der Waals surface area contributed by atoms with Gasteiger partial charge in [-0.2, -0.15) is 0 Å². The first-order valence-electron chi connectivity index (χ1n) is 5.40. The molecule has 0 saturated carbocycles. The van der Waals surface area contributed by atoms with Crippen molar-refractivity contribution in [2.45, 2.75) is 3.12 Å². The van der Waals surface area contributed by atoms with Gasteiger partial charge in [-0.05, 0) is 0 Å². The molecule has 18 heavy (non-hydrogen) atoms. The van der Waals surface area contributed by atoms with Crippen LogP contribution >= 0.6 is 24.8 Å². The van der Waals surface area contributed by atoms with E-state index in [9.17, 15) is 0 Å². The average molecular weight is 355 g/mol. The second kappa shape index (κ2) is 6.19. The molecule has 0 nitrogen and oxygen atoms in total. The summed E-state index contributed by atoms with van der Waals surface area (Å²) in [5, 5.41) is 0. The Hall–Kier alpha value is -0.357. The van der Waals surface area contributed by atoms with Crippen LogP contribution in [0.4, 0.5) is 0 Å². The number of rotatable bonds is 1. The number of benzene rings is 2. The van der Waals surface area contributed by atoms with E-state index in [1.54, 1.807) is 0 Å². The minimum absolute atomic E-state index is 0. The predicted octanol–water partition coefficient (Wildman–Crippen LogP) is 4.35. The molecule has 0 fully saturated rings. The summed E-state index contributed by atoms with van der Waals surface area (Å²) in [4.78, 5) is 0. The second-order valence-corrected chi connectivity index (χ2v) is 6.03. The summed E-state index contributed by atoms with van der Waals surface area (Å²) >= 11 is 1.52. The molecule has 1 unspecified atom stereocenters. The summed E-state index contributed by atoms with van der Waals surface area (Å²) < 4.78 is 0.130. The van der Waals surface area contributed by atoms with Gasteiger partial charge in [0.25, 0.3) is 0 Å². The summed E-state index contributed by atoms with van der Waals surface area (Å²) in [6.07, 6.45) is 4.59. The fraction of sp³-hybridized carbons (Fsp3) is 0.0667. The van der Waals surface area contributed by atoms with E-state index in [0.717, 1.165) is 0 Å². The minimum atomic E-state index is 0. The van der Waals surface area contributed by atoms with Gasteiger partial charge in [0.05, 0.1) is 0 Å². The number of hydrogen-bond donors (Lipinski definition) is 0. The van der Waals surface area contributed by atoms with Crippen molar-refractivity contribution in [1.29, 1.82) is 0 Å². The molecule has 1 aliphatic rings. The third-order valence-electron chi connectivity index (χ3n) is 3.13. The zero-order chi connectivity index (χ0) is 11.0. The number of halogens is 2. The van der Waals surface area contributed by atoms with Crippen LogP contribution in [0, 0.1) is 0 Å². The Kier molecular flexibility index (Phi) is 5.40. The van der Waals surface area contributed by atoms with Crippen molar-refractivity contribution in [1.82, 2.24) is 0 Å². The maximum atomic E-state index is 2.34. The molecule has 0 heterocycles. The topological polar surface area (TPSA) is 0 Å².